The van der Waals surface area contributed by atoms with Crippen LogP contribution < -0.4 is 10.6 Å². The van der Waals surface area contributed by atoms with Crippen molar-refractivity contribution in [3.05, 3.63) is 35.6 Å². The van der Waals surface area contributed by atoms with Gasteiger partial charge in [-0.25, -0.2) is 4.39 Å². The van der Waals surface area contributed by atoms with Gasteiger partial charge in [0.15, 0.2) is 0 Å². The Hall–Kier alpha value is -0.930. The van der Waals surface area contributed by atoms with E-state index in [0.717, 1.165) is 31.6 Å². The molecule has 1 aromatic rings. The Labute approximate surface area is 110 Å². The number of hydrogen-bond acceptors (Lipinski definition) is 2. The van der Waals surface area contributed by atoms with Crippen LogP contribution in [0, 0.1) is 11.7 Å². The molecule has 1 atom stereocenters. The van der Waals surface area contributed by atoms with E-state index in [0.29, 0.717) is 12.0 Å². The van der Waals surface area contributed by atoms with Gasteiger partial charge in [-0.1, -0.05) is 26.0 Å². The second-order valence-corrected chi connectivity index (χ2v) is 5.29. The molecule has 0 aromatic heterocycles. The summed E-state index contributed by atoms with van der Waals surface area (Å²) in [4.78, 5) is 0. The van der Waals surface area contributed by atoms with Crippen LogP contribution in [0.4, 0.5) is 4.39 Å². The van der Waals surface area contributed by atoms with Crippen LogP contribution >= 0.6 is 0 Å². The lowest BCUT2D eigenvalue weighted by molar-refractivity contribution is 0.474. The van der Waals surface area contributed by atoms with Crippen molar-refractivity contribution in [3.63, 3.8) is 0 Å². The lowest BCUT2D eigenvalue weighted by Crippen LogP contribution is -2.38. The van der Waals surface area contributed by atoms with E-state index in [1.54, 1.807) is 12.1 Å². The van der Waals surface area contributed by atoms with Crippen molar-refractivity contribution < 1.29 is 4.39 Å². The van der Waals surface area contributed by atoms with E-state index in [9.17, 15) is 4.39 Å². The molecule has 0 fully saturated rings. The highest BCUT2D eigenvalue weighted by atomic mass is 19.1. The predicted octanol–water partition coefficient (Wildman–Crippen LogP) is 2.59. The van der Waals surface area contributed by atoms with Crippen molar-refractivity contribution in [2.45, 2.75) is 33.2 Å². The van der Waals surface area contributed by atoms with Crippen LogP contribution in [0.2, 0.25) is 0 Å². The van der Waals surface area contributed by atoms with E-state index in [2.05, 4.69) is 31.4 Å². The highest BCUT2D eigenvalue weighted by Gasteiger charge is 2.02. The van der Waals surface area contributed by atoms with Gasteiger partial charge < -0.3 is 10.6 Å². The molecular formula is C15H25FN2. The van der Waals surface area contributed by atoms with Gasteiger partial charge in [0, 0.05) is 12.6 Å². The predicted molar refractivity (Wildman–Crippen MR) is 75.3 cm³/mol. The summed E-state index contributed by atoms with van der Waals surface area (Å²) in [5.41, 5.74) is 1.05. The van der Waals surface area contributed by atoms with Crippen molar-refractivity contribution in [1.29, 1.82) is 0 Å². The minimum absolute atomic E-state index is 0.154. The fourth-order valence-corrected chi connectivity index (χ4v) is 1.82. The van der Waals surface area contributed by atoms with Gasteiger partial charge in [0.2, 0.25) is 0 Å². The minimum Gasteiger partial charge on any atom is -0.315 e. The summed E-state index contributed by atoms with van der Waals surface area (Å²) >= 11 is 0. The van der Waals surface area contributed by atoms with Gasteiger partial charge in [0.25, 0.3) is 0 Å². The van der Waals surface area contributed by atoms with Crippen LogP contribution in [0.1, 0.15) is 26.3 Å². The number of nitrogens with one attached hydrogen (secondary N) is 2. The van der Waals surface area contributed by atoms with Gasteiger partial charge in [0.1, 0.15) is 5.82 Å². The van der Waals surface area contributed by atoms with Crippen molar-refractivity contribution in [2.24, 2.45) is 5.92 Å². The molecule has 1 unspecified atom stereocenters. The van der Waals surface area contributed by atoms with Crippen LogP contribution in [0.25, 0.3) is 0 Å². The topological polar surface area (TPSA) is 24.1 Å². The Morgan fingerprint density at radius 2 is 1.94 bits per heavy atom. The highest BCUT2D eigenvalue weighted by Crippen LogP contribution is 2.03. The average Bonchev–Trinajstić information content (AvgIpc) is 2.28. The van der Waals surface area contributed by atoms with Crippen molar-refractivity contribution >= 4 is 0 Å². The third-order valence-corrected chi connectivity index (χ3v) is 2.80. The van der Waals surface area contributed by atoms with E-state index < -0.39 is 0 Å². The Morgan fingerprint density at radius 3 is 2.61 bits per heavy atom. The summed E-state index contributed by atoms with van der Waals surface area (Å²) in [6.45, 7) is 9.48. The van der Waals surface area contributed by atoms with E-state index in [1.165, 1.54) is 6.07 Å². The van der Waals surface area contributed by atoms with E-state index in [4.69, 9.17) is 0 Å². The summed E-state index contributed by atoms with van der Waals surface area (Å²) < 4.78 is 13.0. The van der Waals surface area contributed by atoms with Gasteiger partial charge >= 0.3 is 0 Å². The minimum atomic E-state index is -0.154. The zero-order chi connectivity index (χ0) is 13.4. The molecule has 0 amide bonds. The first-order valence-electron chi connectivity index (χ1n) is 6.76. The largest absolute Gasteiger partial charge is 0.315 e. The van der Waals surface area contributed by atoms with Gasteiger partial charge in [0.05, 0.1) is 0 Å². The normalized spacial score (nSPS) is 12.9. The summed E-state index contributed by atoms with van der Waals surface area (Å²) in [5.74, 6) is 0.531. The molecule has 2 nitrogen and oxygen atoms in total. The summed E-state index contributed by atoms with van der Waals surface area (Å²) in [5, 5.41) is 6.86. The molecule has 102 valence electrons. The number of benzene rings is 1. The van der Waals surface area contributed by atoms with Crippen molar-refractivity contribution in [3.8, 4) is 0 Å². The Kier molecular flexibility index (Phi) is 6.91. The summed E-state index contributed by atoms with van der Waals surface area (Å²) in [7, 11) is 0. The molecule has 1 aromatic carbocycles. The van der Waals surface area contributed by atoms with Gasteiger partial charge in [-0.15, -0.1) is 0 Å². The molecule has 0 heterocycles. The maximum atomic E-state index is 13.0. The number of rotatable bonds is 8. The van der Waals surface area contributed by atoms with Gasteiger partial charge in [-0.05, 0) is 50.0 Å². The molecule has 1 rings (SSSR count). The maximum Gasteiger partial charge on any atom is 0.123 e. The second kappa shape index (κ2) is 8.22. The van der Waals surface area contributed by atoms with Crippen LogP contribution in [0.5, 0.6) is 0 Å². The van der Waals surface area contributed by atoms with E-state index in [-0.39, 0.29) is 5.82 Å². The molecule has 0 aliphatic heterocycles. The molecule has 0 aliphatic rings. The SMILES string of the molecule is CC(C)CNCC(C)NCCc1cccc(F)c1. The molecule has 0 radical (unpaired) electrons. The third kappa shape index (κ3) is 6.72. The standard InChI is InChI=1S/C15H25FN2/c1-12(2)10-17-11-13(3)18-8-7-14-5-4-6-15(16)9-14/h4-6,9,12-13,17-18H,7-8,10-11H2,1-3H3. The van der Waals surface area contributed by atoms with E-state index >= 15 is 0 Å². The lowest BCUT2D eigenvalue weighted by atomic mass is 10.1. The van der Waals surface area contributed by atoms with Crippen molar-refractivity contribution in [2.75, 3.05) is 19.6 Å². The molecule has 3 heteroatoms. The fraction of sp³-hybridized carbons (Fsp3) is 0.600. The fourth-order valence-electron chi connectivity index (χ4n) is 1.82. The Bertz CT molecular complexity index is 339. The van der Waals surface area contributed by atoms with Gasteiger partial charge in [-0.2, -0.15) is 0 Å². The summed E-state index contributed by atoms with van der Waals surface area (Å²) in [6.07, 6.45) is 0.867. The third-order valence-electron chi connectivity index (χ3n) is 2.80. The summed E-state index contributed by atoms with van der Waals surface area (Å²) in [6, 6.07) is 7.25. The smallest absolute Gasteiger partial charge is 0.123 e. The van der Waals surface area contributed by atoms with Crippen LogP contribution in [-0.4, -0.2) is 25.7 Å². The number of hydrogen-bond donors (Lipinski definition) is 2. The molecule has 0 saturated carbocycles. The van der Waals surface area contributed by atoms with Crippen LogP contribution in [0.3, 0.4) is 0 Å². The first-order chi connectivity index (χ1) is 8.58. The molecule has 0 bridgehead atoms. The van der Waals surface area contributed by atoms with Crippen LogP contribution in [-0.2, 0) is 6.42 Å². The van der Waals surface area contributed by atoms with Crippen molar-refractivity contribution in [1.82, 2.24) is 10.6 Å². The second-order valence-electron chi connectivity index (χ2n) is 5.29. The molecule has 0 aliphatic carbocycles. The first kappa shape index (κ1) is 15.1. The molecule has 0 spiro atoms. The van der Waals surface area contributed by atoms with Crippen LogP contribution in [0.15, 0.2) is 24.3 Å². The monoisotopic (exact) mass is 252 g/mol. The molecule has 2 N–H and O–H groups in total. The zero-order valence-corrected chi connectivity index (χ0v) is 11.7. The quantitative estimate of drug-likeness (QED) is 0.743. The zero-order valence-electron chi connectivity index (χ0n) is 11.7. The number of halogens is 1. The first-order valence-corrected chi connectivity index (χ1v) is 6.76. The maximum absolute atomic E-state index is 13.0. The lowest BCUT2D eigenvalue weighted by Gasteiger charge is -2.15. The average molecular weight is 252 g/mol. The molecule has 18 heavy (non-hydrogen) atoms. The molecular weight excluding hydrogens is 227 g/mol. The Balaban J connectivity index is 2.13. The molecule has 0 saturated heterocycles. The highest BCUT2D eigenvalue weighted by molar-refractivity contribution is 5.16. The van der Waals surface area contributed by atoms with E-state index in [1.807, 2.05) is 6.07 Å². The van der Waals surface area contributed by atoms with Gasteiger partial charge in [-0.3, -0.25) is 0 Å². The Morgan fingerprint density at radius 1 is 1.17 bits per heavy atom.